The van der Waals surface area contributed by atoms with E-state index in [2.05, 4.69) is 0 Å². The normalized spacial score (nSPS) is 10.4. The third kappa shape index (κ3) is 4.78. The lowest BCUT2D eigenvalue weighted by molar-refractivity contribution is -0.131. The number of hydrogen-bond donors (Lipinski definition) is 2. The maximum atomic E-state index is 10.7. The monoisotopic (exact) mass is 377 g/mol. The Balaban J connectivity index is 3.07. The van der Waals surface area contributed by atoms with Crippen LogP contribution in [-0.2, 0) is 9.59 Å². The molecule has 0 heterocycles. The summed E-state index contributed by atoms with van der Waals surface area (Å²) in [5, 5.41) is 8.57. The molecule has 102 valence electrons. The Morgan fingerprint density at radius 3 is 2.68 bits per heavy atom. The fourth-order valence-corrected chi connectivity index (χ4v) is 2.07. The van der Waals surface area contributed by atoms with Gasteiger partial charge in [-0.05, 0) is 46.4 Å². The number of carbonyl (C=O) groups excluding carboxylic acids is 1. The average molecular weight is 377 g/mol. The van der Waals surface area contributed by atoms with Crippen LogP contribution in [0, 0.1) is 3.57 Å². The summed E-state index contributed by atoms with van der Waals surface area (Å²) in [4.78, 5) is 21.2. The zero-order chi connectivity index (χ0) is 14.4. The van der Waals surface area contributed by atoms with Crippen molar-refractivity contribution in [3.8, 4) is 11.5 Å². The number of hydrogen-bond acceptors (Lipinski definition) is 4. The van der Waals surface area contributed by atoms with Crippen molar-refractivity contribution >= 4 is 40.5 Å². The molecular weight excluding hydrogens is 365 g/mol. The van der Waals surface area contributed by atoms with Crippen molar-refractivity contribution < 1.29 is 24.2 Å². The van der Waals surface area contributed by atoms with E-state index in [0.717, 1.165) is 6.08 Å². The lowest BCUT2D eigenvalue weighted by atomic mass is 10.2. The van der Waals surface area contributed by atoms with Crippen LogP contribution in [0.3, 0.4) is 0 Å². The highest BCUT2D eigenvalue weighted by Crippen LogP contribution is 2.34. The SMILES string of the molecule is COc1cc(C=CC(=O)O)cc(I)c1OCC(N)=O. The van der Waals surface area contributed by atoms with Crippen LogP contribution in [0.1, 0.15) is 5.56 Å². The van der Waals surface area contributed by atoms with E-state index < -0.39 is 11.9 Å². The van der Waals surface area contributed by atoms with Gasteiger partial charge in [-0.1, -0.05) is 0 Å². The molecule has 0 aromatic heterocycles. The number of rotatable bonds is 6. The van der Waals surface area contributed by atoms with Gasteiger partial charge in [0, 0.05) is 6.08 Å². The van der Waals surface area contributed by atoms with E-state index in [0.29, 0.717) is 20.6 Å². The second-order valence-corrected chi connectivity index (χ2v) is 4.62. The number of primary amides is 1. The molecule has 19 heavy (non-hydrogen) atoms. The Morgan fingerprint density at radius 1 is 1.47 bits per heavy atom. The minimum atomic E-state index is -1.04. The molecular formula is C12H12INO5. The maximum absolute atomic E-state index is 10.7. The minimum Gasteiger partial charge on any atom is -0.493 e. The molecule has 0 aliphatic rings. The van der Waals surface area contributed by atoms with Crippen molar-refractivity contribution in [3.63, 3.8) is 0 Å². The van der Waals surface area contributed by atoms with E-state index >= 15 is 0 Å². The summed E-state index contributed by atoms with van der Waals surface area (Å²) in [7, 11) is 1.45. The summed E-state index contributed by atoms with van der Waals surface area (Å²) in [5.74, 6) is -0.830. The van der Waals surface area contributed by atoms with Gasteiger partial charge in [-0.15, -0.1) is 0 Å². The van der Waals surface area contributed by atoms with Gasteiger partial charge >= 0.3 is 5.97 Å². The number of benzene rings is 1. The number of carboxylic acid groups (broad SMARTS) is 1. The zero-order valence-electron chi connectivity index (χ0n) is 10.1. The second-order valence-electron chi connectivity index (χ2n) is 3.46. The van der Waals surface area contributed by atoms with Gasteiger partial charge in [0.1, 0.15) is 0 Å². The summed E-state index contributed by atoms with van der Waals surface area (Å²) in [5.41, 5.74) is 5.66. The van der Waals surface area contributed by atoms with Gasteiger partial charge in [0.2, 0.25) is 0 Å². The molecule has 0 aliphatic heterocycles. The number of aliphatic carboxylic acids is 1. The Morgan fingerprint density at radius 2 is 2.16 bits per heavy atom. The molecule has 3 N–H and O–H groups in total. The van der Waals surface area contributed by atoms with Gasteiger partial charge in [0.25, 0.3) is 5.91 Å². The number of amides is 1. The van der Waals surface area contributed by atoms with Gasteiger partial charge in [-0.3, -0.25) is 4.79 Å². The molecule has 0 atom stereocenters. The van der Waals surface area contributed by atoms with Gasteiger partial charge in [0.15, 0.2) is 18.1 Å². The van der Waals surface area contributed by atoms with Gasteiger partial charge in [-0.25, -0.2) is 4.79 Å². The number of ether oxygens (including phenoxy) is 2. The third-order valence-corrected chi connectivity index (χ3v) is 2.83. The third-order valence-electron chi connectivity index (χ3n) is 2.03. The summed E-state index contributed by atoms with van der Waals surface area (Å²) in [6.07, 6.45) is 2.46. The largest absolute Gasteiger partial charge is 0.493 e. The van der Waals surface area contributed by atoms with Crippen molar-refractivity contribution in [1.82, 2.24) is 0 Å². The lowest BCUT2D eigenvalue weighted by Crippen LogP contribution is -2.20. The molecule has 0 aliphatic carbocycles. The van der Waals surface area contributed by atoms with Crippen LogP contribution in [-0.4, -0.2) is 30.7 Å². The van der Waals surface area contributed by atoms with Crippen LogP contribution in [0.25, 0.3) is 6.08 Å². The Bertz CT molecular complexity index is 527. The van der Waals surface area contributed by atoms with Crippen LogP contribution in [0.15, 0.2) is 18.2 Å². The highest BCUT2D eigenvalue weighted by Gasteiger charge is 2.11. The molecule has 6 nitrogen and oxygen atoms in total. The molecule has 0 spiro atoms. The summed E-state index contributed by atoms with van der Waals surface area (Å²) in [6, 6.07) is 3.32. The number of methoxy groups -OCH3 is 1. The molecule has 0 radical (unpaired) electrons. The molecule has 1 amide bonds. The topological polar surface area (TPSA) is 98.8 Å². The predicted molar refractivity (Wildman–Crippen MR) is 77.1 cm³/mol. The fraction of sp³-hybridized carbons (Fsp3) is 0.167. The van der Waals surface area contributed by atoms with E-state index in [-0.39, 0.29) is 6.61 Å². The van der Waals surface area contributed by atoms with Crippen LogP contribution < -0.4 is 15.2 Å². The van der Waals surface area contributed by atoms with E-state index in [1.165, 1.54) is 13.2 Å². The molecule has 0 unspecified atom stereocenters. The predicted octanol–water partition coefficient (Wildman–Crippen LogP) is 1.26. The van der Waals surface area contributed by atoms with Crippen molar-refractivity contribution in [1.29, 1.82) is 0 Å². The first-order chi connectivity index (χ1) is 8.93. The van der Waals surface area contributed by atoms with Crippen molar-refractivity contribution in [2.24, 2.45) is 5.73 Å². The standard InChI is InChI=1S/C12H12INO5/c1-18-9-5-7(2-3-11(16)17)4-8(13)12(9)19-6-10(14)15/h2-5H,6H2,1H3,(H2,14,15)(H,16,17). The van der Waals surface area contributed by atoms with E-state index in [9.17, 15) is 9.59 Å². The number of carboxylic acids is 1. The molecule has 0 saturated carbocycles. The second kappa shape index (κ2) is 6.98. The van der Waals surface area contributed by atoms with Gasteiger partial charge in [-0.2, -0.15) is 0 Å². The molecule has 1 aromatic rings. The first kappa shape index (κ1) is 15.3. The molecule has 1 aromatic carbocycles. The highest BCUT2D eigenvalue weighted by atomic mass is 127. The average Bonchev–Trinajstić information content (AvgIpc) is 2.34. The summed E-state index contributed by atoms with van der Waals surface area (Å²) < 4.78 is 11.1. The van der Waals surface area contributed by atoms with Crippen LogP contribution in [0.2, 0.25) is 0 Å². The first-order valence-electron chi connectivity index (χ1n) is 5.13. The quantitative estimate of drug-likeness (QED) is 0.575. The molecule has 0 fully saturated rings. The van der Waals surface area contributed by atoms with Crippen molar-refractivity contribution in [2.75, 3.05) is 13.7 Å². The smallest absolute Gasteiger partial charge is 0.328 e. The first-order valence-corrected chi connectivity index (χ1v) is 6.21. The molecule has 0 saturated heterocycles. The van der Waals surface area contributed by atoms with Gasteiger partial charge < -0.3 is 20.3 Å². The highest BCUT2D eigenvalue weighted by molar-refractivity contribution is 14.1. The Kier molecular flexibility index (Phi) is 5.61. The molecule has 0 bridgehead atoms. The van der Waals surface area contributed by atoms with Gasteiger partial charge in [0.05, 0.1) is 10.7 Å². The van der Waals surface area contributed by atoms with Crippen LogP contribution in [0.4, 0.5) is 0 Å². The van der Waals surface area contributed by atoms with Crippen LogP contribution >= 0.6 is 22.6 Å². The molecule has 1 rings (SSSR count). The van der Waals surface area contributed by atoms with E-state index in [1.807, 2.05) is 22.6 Å². The lowest BCUT2D eigenvalue weighted by Gasteiger charge is -2.12. The maximum Gasteiger partial charge on any atom is 0.328 e. The summed E-state index contributed by atoms with van der Waals surface area (Å²) in [6.45, 7) is -0.253. The van der Waals surface area contributed by atoms with Crippen LogP contribution in [0.5, 0.6) is 11.5 Å². The van der Waals surface area contributed by atoms with Crippen molar-refractivity contribution in [3.05, 3.63) is 27.3 Å². The number of carbonyl (C=O) groups is 2. The number of halogens is 1. The minimum absolute atomic E-state index is 0.253. The Labute approximate surface area is 123 Å². The van der Waals surface area contributed by atoms with E-state index in [4.69, 9.17) is 20.3 Å². The fourth-order valence-electron chi connectivity index (χ4n) is 1.29. The molecule has 7 heteroatoms. The number of nitrogens with two attached hydrogens (primary N) is 1. The van der Waals surface area contributed by atoms with Crippen molar-refractivity contribution in [2.45, 2.75) is 0 Å². The Hall–Kier alpha value is -1.77. The summed E-state index contributed by atoms with van der Waals surface area (Å²) >= 11 is 2.00. The van der Waals surface area contributed by atoms with E-state index in [1.54, 1.807) is 12.1 Å². The zero-order valence-corrected chi connectivity index (χ0v) is 12.2.